The van der Waals surface area contributed by atoms with E-state index in [-0.39, 0.29) is 89.5 Å². The van der Waals surface area contributed by atoms with Gasteiger partial charge in [0.1, 0.15) is 47.8 Å². The van der Waals surface area contributed by atoms with E-state index in [1.165, 1.54) is 68.9 Å². The summed E-state index contributed by atoms with van der Waals surface area (Å²) in [5.74, 6) is -13.7. The molecule has 32 heteroatoms. The summed E-state index contributed by atoms with van der Waals surface area (Å²) < 4.78 is 88.5. The van der Waals surface area contributed by atoms with Crippen molar-refractivity contribution in [2.75, 3.05) is 88.6 Å². The fourth-order valence-electron chi connectivity index (χ4n) is 15.9. The molecule has 3 saturated carbocycles. The summed E-state index contributed by atoms with van der Waals surface area (Å²) in [6.45, 7) is 9.01. The van der Waals surface area contributed by atoms with E-state index in [1.807, 2.05) is 13.8 Å². The van der Waals surface area contributed by atoms with E-state index in [0.717, 1.165) is 26.0 Å². The normalized spacial score (nSPS) is 30.0. The highest BCUT2D eigenvalue weighted by Crippen LogP contribution is 2.44. The van der Waals surface area contributed by atoms with Gasteiger partial charge in [0.05, 0.1) is 38.1 Å². The molecule has 6 aliphatic rings. The molecule has 1 spiro atoms. The molecule has 25 nitrogen and oxygen atoms in total. The molecule has 3 heterocycles. The van der Waals surface area contributed by atoms with Crippen molar-refractivity contribution in [3.8, 4) is 0 Å². The molecule has 584 valence electrons. The van der Waals surface area contributed by atoms with E-state index in [4.69, 9.17) is 11.6 Å². The number of fused-ring (bicyclic) bond motifs is 1. The minimum absolute atomic E-state index is 0.0169. The van der Waals surface area contributed by atoms with Crippen LogP contribution in [0.4, 0.5) is 26.3 Å². The van der Waals surface area contributed by atoms with Gasteiger partial charge in [-0.05, 0) is 132 Å². The summed E-state index contributed by atoms with van der Waals surface area (Å²) in [7, 11) is 9.17. The minimum atomic E-state index is -5.07. The molecule has 3 aliphatic heterocycles. The molecule has 6 fully saturated rings. The molecule has 0 bridgehead atoms. The van der Waals surface area contributed by atoms with Crippen LogP contribution in [0, 0.1) is 35.5 Å². The topological polar surface area (TPSA) is 279 Å². The van der Waals surface area contributed by atoms with E-state index in [1.54, 1.807) is 32.6 Å². The fraction of sp³-hybridized carbons (Fsp3) is 0.831. The Morgan fingerprint density at radius 3 is 1.82 bits per heavy atom. The Balaban J connectivity index is 1.43. The predicted molar refractivity (Wildman–Crippen MR) is 369 cm³/mol. The molecule has 5 unspecified atom stereocenters. The van der Waals surface area contributed by atoms with Gasteiger partial charge in [-0.25, -0.2) is 0 Å². The number of amides is 12. The first-order chi connectivity index (χ1) is 48.1. The average molecular weight is 1490 g/mol. The van der Waals surface area contributed by atoms with Crippen molar-refractivity contribution in [2.45, 2.75) is 255 Å². The highest BCUT2D eigenvalue weighted by molar-refractivity contribution is 6.21. The van der Waals surface area contributed by atoms with Crippen LogP contribution in [0.1, 0.15) is 183 Å². The Kier molecular flexibility index (Phi) is 30.8. The minimum Gasteiger partial charge on any atom is -0.343 e. The van der Waals surface area contributed by atoms with E-state index in [2.05, 4.69) is 20.7 Å². The van der Waals surface area contributed by atoms with Crippen LogP contribution in [0.2, 0.25) is 0 Å². The van der Waals surface area contributed by atoms with Gasteiger partial charge in [-0.3, -0.25) is 62.3 Å². The number of likely N-dealkylation sites (tertiary alicyclic amines) is 1. The molecule has 3 aliphatic carbocycles. The third-order valence-corrected chi connectivity index (χ3v) is 22.8. The van der Waals surface area contributed by atoms with Crippen LogP contribution >= 0.6 is 11.6 Å². The number of ether oxygens (including phenoxy) is 1. The fourth-order valence-corrected chi connectivity index (χ4v) is 16.4. The van der Waals surface area contributed by atoms with Crippen LogP contribution in [-0.4, -0.2) is 275 Å². The number of likely N-dealkylation sites (N-methyl/N-ethyl adjacent to an activating group) is 7. The van der Waals surface area contributed by atoms with Gasteiger partial charge in [0.25, 0.3) is 0 Å². The van der Waals surface area contributed by atoms with Crippen molar-refractivity contribution in [3.63, 3.8) is 0 Å². The van der Waals surface area contributed by atoms with Gasteiger partial charge in [0.2, 0.25) is 70.9 Å². The lowest BCUT2D eigenvalue weighted by atomic mass is 9.78. The third-order valence-electron chi connectivity index (χ3n) is 22.4. The molecule has 0 aromatic carbocycles. The lowest BCUT2D eigenvalue weighted by Gasteiger charge is -2.42. The monoisotopic (exact) mass is 1490 g/mol. The predicted octanol–water partition coefficient (Wildman–Crippen LogP) is 6.08. The summed E-state index contributed by atoms with van der Waals surface area (Å²) in [6.07, 6.45) is -7.42. The SMILES string of the molecule is CC[C@H](C)[C@@H]1NC(=O)[C@H](CC(C)C)N(C)C(=O)C[C@@H](C(=O)N2CCCCC2)N(C)C(=O)[C@H](C(C)C)N(C)C(=O)C2(CCCC2)NC(=O)[C@@H]2CCCN2C(=O)[C@H](CCC2CCC(C(F)(F)F)C(Cl)C2)NC(=O)CN(C)C(=O)[C@H](CC2CCCCC2OC(F)(F)F)N(C)C(=O)CN(C)C(=O)CN(C)C1=O. The Morgan fingerprint density at radius 1 is 0.612 bits per heavy atom. The average Bonchev–Trinajstić information content (AvgIpc) is 1.74. The number of alkyl halides is 7. The van der Waals surface area contributed by atoms with Crippen LogP contribution in [0.3, 0.4) is 0 Å². The number of hydrogen-bond donors (Lipinski definition) is 3. The first-order valence-electron chi connectivity index (χ1n) is 36.9. The molecule has 6 rings (SSSR count). The number of carbonyl (C=O) groups is 12. The summed E-state index contributed by atoms with van der Waals surface area (Å²) in [5.41, 5.74) is -1.63. The highest BCUT2D eigenvalue weighted by atomic mass is 35.5. The van der Waals surface area contributed by atoms with Gasteiger partial charge < -0.3 is 60.0 Å². The molecule has 3 saturated heterocycles. The van der Waals surface area contributed by atoms with Gasteiger partial charge in [-0.1, -0.05) is 73.6 Å². The Bertz CT molecular complexity index is 3010. The van der Waals surface area contributed by atoms with Crippen molar-refractivity contribution in [2.24, 2.45) is 35.5 Å². The van der Waals surface area contributed by atoms with Crippen molar-refractivity contribution in [1.29, 1.82) is 0 Å². The zero-order valence-corrected chi connectivity index (χ0v) is 63.2. The van der Waals surface area contributed by atoms with Crippen LogP contribution in [-0.2, 0) is 62.3 Å². The maximum absolute atomic E-state index is 15.4. The molecule has 0 aromatic heterocycles. The van der Waals surface area contributed by atoms with Gasteiger partial charge in [-0.15, -0.1) is 24.8 Å². The van der Waals surface area contributed by atoms with Crippen molar-refractivity contribution < 1.29 is 88.6 Å². The molecular weight excluding hydrogens is 1380 g/mol. The molecule has 13 atom stereocenters. The van der Waals surface area contributed by atoms with Crippen molar-refractivity contribution in [1.82, 2.24) is 60.0 Å². The summed E-state index contributed by atoms with van der Waals surface area (Å²) in [5, 5.41) is 7.25. The zero-order chi connectivity index (χ0) is 76.9. The molecule has 103 heavy (non-hydrogen) atoms. The standard InChI is InChI=1S/C71H113ClF6N12O13/c1-14-44(6)59-66(100)84(9)40-57(93)82(7)41-58(94)86(11)52(37-46-23-16-17-25-54(46)103-71(76,77)78)64(98)83(8)39-55(91)79-49(29-27-45-26-28-47(48(72)36-45)70(73,74)75)63(97)90-34-22-24-50(90)62(96)81-69(30-18-19-31-69)68(102)88(13)60(43(4)5)67(101)87(12)53(65(99)89-32-20-15-21-33-89)38-56(92)85(10)51(35-42(2)3)61(95)80-59/h42-54,59-60H,14-41H2,1-13H3,(H,79,91)(H,80,95)(H,81,96)/t44-,45?,46?,47?,48?,49-,50-,51-,52-,53-,54?,59-,60-/m0/s1. The second kappa shape index (κ2) is 37.1. The summed E-state index contributed by atoms with van der Waals surface area (Å²) >= 11 is 6.37. The van der Waals surface area contributed by atoms with Crippen LogP contribution in [0.15, 0.2) is 0 Å². The summed E-state index contributed by atoms with van der Waals surface area (Å²) in [4.78, 5) is 189. The number of rotatable bonds is 12. The molecule has 12 amide bonds. The number of nitrogens with one attached hydrogen (secondary N) is 3. The third kappa shape index (κ3) is 22.3. The van der Waals surface area contributed by atoms with Crippen molar-refractivity contribution >= 4 is 82.5 Å². The quantitative estimate of drug-likeness (QED) is 0.148. The second-order valence-electron chi connectivity index (χ2n) is 30.7. The number of nitrogens with zero attached hydrogens (tertiary/aromatic N) is 9. The Hall–Kier alpha value is -6.53. The van der Waals surface area contributed by atoms with E-state index >= 15 is 19.2 Å². The van der Waals surface area contributed by atoms with Crippen molar-refractivity contribution in [3.05, 3.63) is 0 Å². The molecular formula is C71H113ClF6N12O13. The smallest absolute Gasteiger partial charge is 0.343 e. The molecule has 3 N–H and O–H groups in total. The van der Waals surface area contributed by atoms with Gasteiger partial charge in [0.15, 0.2) is 0 Å². The van der Waals surface area contributed by atoms with E-state index < -0.39 is 205 Å². The van der Waals surface area contributed by atoms with Crippen LogP contribution in [0.5, 0.6) is 0 Å². The van der Waals surface area contributed by atoms with E-state index in [9.17, 15) is 64.7 Å². The largest absolute Gasteiger partial charge is 0.522 e. The maximum atomic E-state index is 15.4. The zero-order valence-electron chi connectivity index (χ0n) is 62.4. The second-order valence-corrected chi connectivity index (χ2v) is 31.3. The van der Waals surface area contributed by atoms with Gasteiger partial charge in [-0.2, -0.15) is 13.2 Å². The first kappa shape index (κ1) is 85.4. The lowest BCUT2D eigenvalue weighted by Crippen LogP contribution is -2.65. The molecule has 0 radical (unpaired) electrons. The number of halogens is 7. The maximum Gasteiger partial charge on any atom is 0.522 e. The van der Waals surface area contributed by atoms with Crippen LogP contribution in [0.25, 0.3) is 0 Å². The first-order valence-corrected chi connectivity index (χ1v) is 37.3. The number of hydrogen-bond acceptors (Lipinski definition) is 13. The Labute approximate surface area is 607 Å². The molecule has 0 aromatic rings. The van der Waals surface area contributed by atoms with Gasteiger partial charge in [0, 0.05) is 74.3 Å². The van der Waals surface area contributed by atoms with Crippen LogP contribution < -0.4 is 16.0 Å². The van der Waals surface area contributed by atoms with E-state index in [0.29, 0.717) is 58.0 Å². The highest BCUT2D eigenvalue weighted by Gasteiger charge is 2.52. The number of piperidine rings is 1. The number of carbonyl (C=O) groups excluding carboxylic acids is 12. The lowest BCUT2D eigenvalue weighted by molar-refractivity contribution is -0.351. The Morgan fingerprint density at radius 2 is 1.22 bits per heavy atom. The van der Waals surface area contributed by atoms with Gasteiger partial charge >= 0.3 is 12.5 Å². The summed E-state index contributed by atoms with van der Waals surface area (Å²) in [6, 6.07) is -9.58.